The molecule has 0 aliphatic carbocycles. The first-order valence-electron chi connectivity index (χ1n) is 8.97. The summed E-state index contributed by atoms with van der Waals surface area (Å²) in [6.45, 7) is 2.67. The second kappa shape index (κ2) is 6.38. The summed E-state index contributed by atoms with van der Waals surface area (Å²) in [4.78, 5) is 42.7. The number of fused-ring (bicyclic) bond motifs is 1. The molecule has 2 aliphatic heterocycles. The molecular formula is C19H22N4O4. The smallest absolute Gasteiger partial charge is 0.410 e. The molecule has 2 fully saturated rings. The van der Waals surface area contributed by atoms with Crippen LogP contribution in [0.15, 0.2) is 29.1 Å². The summed E-state index contributed by atoms with van der Waals surface area (Å²) in [5.74, 6) is -0.560. The average molecular weight is 370 g/mol. The number of H-pyrrole nitrogens is 1. The fraction of sp³-hybridized carbons (Fsp3) is 0.421. The molecule has 8 nitrogen and oxygen atoms in total. The number of nitrogens with zero attached hydrogens (tertiary/aromatic N) is 2. The Kier molecular flexibility index (Phi) is 4.15. The van der Waals surface area contributed by atoms with E-state index in [9.17, 15) is 14.4 Å². The Morgan fingerprint density at radius 2 is 2.11 bits per heavy atom. The van der Waals surface area contributed by atoms with E-state index in [-0.39, 0.29) is 11.5 Å². The minimum atomic E-state index is -0.560. The largest absolute Gasteiger partial charge is 0.440 e. The lowest BCUT2D eigenvalue weighted by atomic mass is 9.92. The number of carbonyl (C=O) groups excluding carboxylic acids is 2. The molecule has 27 heavy (non-hydrogen) atoms. The van der Waals surface area contributed by atoms with E-state index in [0.717, 1.165) is 25.1 Å². The van der Waals surface area contributed by atoms with E-state index in [1.165, 1.54) is 6.07 Å². The number of ether oxygens (including phenoxy) is 1. The number of piperidine rings is 1. The predicted octanol–water partition coefficient (Wildman–Crippen LogP) is 1.04. The number of carbonyl (C=O) groups is 2. The van der Waals surface area contributed by atoms with E-state index in [4.69, 9.17) is 10.5 Å². The Labute approximate surface area is 155 Å². The van der Waals surface area contributed by atoms with Gasteiger partial charge in [-0.2, -0.15) is 0 Å². The van der Waals surface area contributed by atoms with Gasteiger partial charge in [0.2, 0.25) is 5.91 Å². The van der Waals surface area contributed by atoms with Crippen molar-refractivity contribution < 1.29 is 14.3 Å². The van der Waals surface area contributed by atoms with Crippen molar-refractivity contribution in [3.05, 3.63) is 45.7 Å². The molecule has 2 saturated heterocycles. The summed E-state index contributed by atoms with van der Waals surface area (Å²) in [5.41, 5.74) is 6.44. The molecule has 1 aromatic carbocycles. The van der Waals surface area contributed by atoms with Crippen molar-refractivity contribution in [3.8, 4) is 0 Å². The van der Waals surface area contributed by atoms with Crippen LogP contribution >= 0.6 is 0 Å². The zero-order chi connectivity index (χ0) is 19.2. The summed E-state index contributed by atoms with van der Waals surface area (Å²) in [6.07, 6.45) is 1.51. The average Bonchev–Trinajstić information content (AvgIpc) is 2.87. The van der Waals surface area contributed by atoms with Crippen molar-refractivity contribution in [1.82, 2.24) is 14.8 Å². The Morgan fingerprint density at radius 3 is 2.81 bits per heavy atom. The van der Waals surface area contributed by atoms with E-state index in [1.807, 2.05) is 0 Å². The standard InChI is InChI=1S/C19H22N4O4/c1-22-10-19(27-18(22)26)5-2-6-23(11-19)9-13-8-16(24)14-7-12(17(20)25)3-4-15(14)21-13/h3-4,7-8H,2,5-6,9-11H2,1H3,(H2,20,25)(H,21,24)/t19-/m0/s1. The number of pyridine rings is 1. The van der Waals surface area contributed by atoms with Crippen LogP contribution in [0.1, 0.15) is 28.9 Å². The molecule has 4 rings (SSSR count). The van der Waals surface area contributed by atoms with Crippen molar-refractivity contribution >= 4 is 22.9 Å². The molecule has 8 heteroatoms. The summed E-state index contributed by atoms with van der Waals surface area (Å²) < 4.78 is 5.63. The van der Waals surface area contributed by atoms with Crippen molar-refractivity contribution in [2.45, 2.75) is 25.0 Å². The highest BCUT2D eigenvalue weighted by atomic mass is 16.6. The number of nitrogens with two attached hydrogens (primary N) is 1. The van der Waals surface area contributed by atoms with Crippen LogP contribution < -0.4 is 11.2 Å². The molecule has 0 saturated carbocycles. The lowest BCUT2D eigenvalue weighted by Crippen LogP contribution is -2.50. The van der Waals surface area contributed by atoms with Crippen LogP contribution in [0.2, 0.25) is 0 Å². The van der Waals surface area contributed by atoms with Gasteiger partial charge in [0.05, 0.1) is 6.54 Å². The SMILES string of the molecule is CN1C[C@]2(CCCN(Cc3cc(=O)c4cc(C(N)=O)ccc4[nH]3)C2)OC1=O. The van der Waals surface area contributed by atoms with Crippen LogP contribution in [0.5, 0.6) is 0 Å². The fourth-order valence-electron chi connectivity index (χ4n) is 4.11. The number of likely N-dealkylation sites (N-methyl/N-ethyl adjacent to an activating group) is 1. The minimum absolute atomic E-state index is 0.152. The maximum absolute atomic E-state index is 12.5. The van der Waals surface area contributed by atoms with Crippen LogP contribution in [-0.4, -0.2) is 59.1 Å². The summed E-state index contributed by atoms with van der Waals surface area (Å²) >= 11 is 0. The molecule has 2 aliphatic rings. The van der Waals surface area contributed by atoms with Gasteiger partial charge >= 0.3 is 6.09 Å². The zero-order valence-corrected chi connectivity index (χ0v) is 15.2. The molecule has 3 N–H and O–H groups in total. The van der Waals surface area contributed by atoms with Gasteiger partial charge in [-0.3, -0.25) is 14.5 Å². The third-order valence-corrected chi connectivity index (χ3v) is 5.32. The molecule has 2 amide bonds. The van der Waals surface area contributed by atoms with E-state index in [0.29, 0.717) is 36.1 Å². The van der Waals surface area contributed by atoms with Gasteiger partial charge in [0.25, 0.3) is 0 Å². The number of hydrogen-bond acceptors (Lipinski definition) is 5. The monoisotopic (exact) mass is 370 g/mol. The summed E-state index contributed by atoms with van der Waals surface area (Å²) in [7, 11) is 1.75. The first-order chi connectivity index (χ1) is 12.8. The fourth-order valence-corrected chi connectivity index (χ4v) is 4.11. The van der Waals surface area contributed by atoms with Crippen molar-refractivity contribution in [1.29, 1.82) is 0 Å². The lowest BCUT2D eigenvalue weighted by Gasteiger charge is -2.38. The Hall–Kier alpha value is -2.87. The molecular weight excluding hydrogens is 348 g/mol. The maximum atomic E-state index is 12.5. The van der Waals surface area contributed by atoms with Crippen LogP contribution in [0, 0.1) is 0 Å². The van der Waals surface area contributed by atoms with Gasteiger partial charge < -0.3 is 20.4 Å². The number of aromatic nitrogens is 1. The second-order valence-corrected chi connectivity index (χ2v) is 7.50. The molecule has 0 bridgehead atoms. The highest BCUT2D eigenvalue weighted by Crippen LogP contribution is 2.31. The highest BCUT2D eigenvalue weighted by Gasteiger charge is 2.46. The molecule has 0 radical (unpaired) electrons. The van der Waals surface area contributed by atoms with E-state index in [2.05, 4.69) is 9.88 Å². The number of amides is 2. The molecule has 142 valence electrons. The van der Waals surface area contributed by atoms with Crippen molar-refractivity contribution in [2.24, 2.45) is 5.73 Å². The van der Waals surface area contributed by atoms with Crippen LogP contribution in [0.4, 0.5) is 4.79 Å². The first kappa shape index (κ1) is 17.5. The summed E-state index contributed by atoms with van der Waals surface area (Å²) in [6, 6.07) is 6.38. The summed E-state index contributed by atoms with van der Waals surface area (Å²) in [5, 5.41) is 0.441. The van der Waals surface area contributed by atoms with Crippen LogP contribution in [0.25, 0.3) is 10.9 Å². The third kappa shape index (κ3) is 3.28. The van der Waals surface area contributed by atoms with Gasteiger partial charge in [-0.1, -0.05) is 0 Å². The molecule has 1 aromatic heterocycles. The molecule has 2 aromatic rings. The van der Waals surface area contributed by atoms with Crippen LogP contribution in [0.3, 0.4) is 0 Å². The Bertz CT molecular complexity index is 985. The minimum Gasteiger partial charge on any atom is -0.440 e. The van der Waals surface area contributed by atoms with Gasteiger partial charge in [0.1, 0.15) is 5.60 Å². The highest BCUT2D eigenvalue weighted by molar-refractivity contribution is 5.96. The molecule has 1 atom stereocenters. The number of benzene rings is 1. The van der Waals surface area contributed by atoms with E-state index >= 15 is 0 Å². The molecule has 1 spiro atoms. The van der Waals surface area contributed by atoms with Gasteiger partial charge in [-0.15, -0.1) is 0 Å². The number of rotatable bonds is 3. The van der Waals surface area contributed by atoms with Gasteiger partial charge in [-0.25, -0.2) is 4.79 Å². The number of hydrogen-bond donors (Lipinski definition) is 2. The van der Waals surface area contributed by atoms with Crippen molar-refractivity contribution in [3.63, 3.8) is 0 Å². The molecule has 3 heterocycles. The predicted molar refractivity (Wildman–Crippen MR) is 99.4 cm³/mol. The third-order valence-electron chi connectivity index (χ3n) is 5.32. The van der Waals surface area contributed by atoms with E-state index < -0.39 is 11.5 Å². The van der Waals surface area contributed by atoms with Crippen LogP contribution in [-0.2, 0) is 11.3 Å². The van der Waals surface area contributed by atoms with Gasteiger partial charge in [0.15, 0.2) is 5.43 Å². The lowest BCUT2D eigenvalue weighted by molar-refractivity contribution is -0.0116. The van der Waals surface area contributed by atoms with E-state index in [1.54, 1.807) is 30.1 Å². The first-order valence-corrected chi connectivity index (χ1v) is 8.97. The Morgan fingerprint density at radius 1 is 1.30 bits per heavy atom. The second-order valence-electron chi connectivity index (χ2n) is 7.50. The quantitative estimate of drug-likeness (QED) is 0.839. The number of nitrogens with one attached hydrogen (secondary N) is 1. The Balaban J connectivity index is 1.56. The number of primary amides is 1. The van der Waals surface area contributed by atoms with Gasteiger partial charge in [0, 0.05) is 48.4 Å². The number of likely N-dealkylation sites (tertiary alicyclic amines) is 1. The topological polar surface area (TPSA) is 109 Å². The molecule has 0 unspecified atom stereocenters. The van der Waals surface area contributed by atoms with Gasteiger partial charge in [-0.05, 0) is 37.6 Å². The van der Waals surface area contributed by atoms with Crippen molar-refractivity contribution in [2.75, 3.05) is 26.7 Å². The normalized spacial score (nSPS) is 23.1. The maximum Gasteiger partial charge on any atom is 0.410 e. The number of aromatic amines is 1. The zero-order valence-electron chi connectivity index (χ0n) is 15.2.